The highest BCUT2D eigenvalue weighted by Gasteiger charge is 2.31. The maximum Gasteiger partial charge on any atom is 0.342 e. The van der Waals surface area contributed by atoms with E-state index < -0.39 is 16.0 Å². The third-order valence-electron chi connectivity index (χ3n) is 3.50. The lowest BCUT2D eigenvalue weighted by Gasteiger charge is -2.29. The first-order chi connectivity index (χ1) is 9.95. The number of ether oxygens (including phenoxy) is 1. The lowest BCUT2D eigenvalue weighted by Crippen LogP contribution is -2.50. The van der Waals surface area contributed by atoms with Crippen LogP contribution in [0.1, 0.15) is 30.6 Å². The van der Waals surface area contributed by atoms with Gasteiger partial charge in [-0.3, -0.25) is 5.10 Å². The Hall–Kier alpha value is -1.16. The molecular formula is C12H21ClN4O4S. The molecule has 8 nitrogen and oxygen atoms in total. The first kappa shape index (κ1) is 18.9. The second-order valence-corrected chi connectivity index (χ2v) is 6.68. The molecule has 1 aliphatic rings. The van der Waals surface area contributed by atoms with Crippen molar-refractivity contribution >= 4 is 28.4 Å². The number of aromatic amines is 1. The maximum atomic E-state index is 12.4. The molecule has 22 heavy (non-hydrogen) atoms. The molecule has 0 aliphatic carbocycles. The number of aromatic nitrogens is 2. The van der Waals surface area contributed by atoms with Crippen LogP contribution < -0.4 is 10.0 Å². The Bertz CT molecular complexity index is 604. The van der Waals surface area contributed by atoms with E-state index in [9.17, 15) is 13.2 Å². The SMILES string of the molecule is CCOC(=O)c1cn[nH]c1S(=O)(=O)NC1CNCCC1C.Cl. The summed E-state index contributed by atoms with van der Waals surface area (Å²) in [5.41, 5.74) is -0.0826. The molecule has 3 N–H and O–H groups in total. The molecule has 0 radical (unpaired) electrons. The van der Waals surface area contributed by atoms with Gasteiger partial charge in [0.1, 0.15) is 5.56 Å². The molecule has 1 saturated heterocycles. The van der Waals surface area contributed by atoms with E-state index in [1.807, 2.05) is 6.92 Å². The van der Waals surface area contributed by atoms with E-state index in [4.69, 9.17) is 4.74 Å². The number of nitrogens with zero attached hydrogens (tertiary/aromatic N) is 1. The van der Waals surface area contributed by atoms with Crippen LogP contribution in [-0.4, -0.2) is 50.3 Å². The zero-order valence-corrected chi connectivity index (χ0v) is 14.1. The van der Waals surface area contributed by atoms with E-state index in [-0.39, 0.29) is 41.6 Å². The number of hydrogen-bond donors (Lipinski definition) is 3. The van der Waals surface area contributed by atoms with Crippen LogP contribution >= 0.6 is 12.4 Å². The van der Waals surface area contributed by atoms with Crippen molar-refractivity contribution in [1.82, 2.24) is 20.2 Å². The number of piperidine rings is 1. The van der Waals surface area contributed by atoms with Crippen molar-refractivity contribution in [2.24, 2.45) is 5.92 Å². The topological polar surface area (TPSA) is 113 Å². The minimum absolute atomic E-state index is 0. The summed E-state index contributed by atoms with van der Waals surface area (Å²) in [6.45, 7) is 5.24. The fourth-order valence-electron chi connectivity index (χ4n) is 2.24. The molecule has 2 rings (SSSR count). The first-order valence-electron chi connectivity index (χ1n) is 6.89. The van der Waals surface area contributed by atoms with E-state index in [1.165, 1.54) is 0 Å². The number of halogens is 1. The Labute approximate surface area is 135 Å². The van der Waals surface area contributed by atoms with Gasteiger partial charge in [0.2, 0.25) is 0 Å². The quantitative estimate of drug-likeness (QED) is 0.656. The van der Waals surface area contributed by atoms with Gasteiger partial charge in [-0.15, -0.1) is 12.4 Å². The van der Waals surface area contributed by atoms with Crippen LogP contribution in [0.2, 0.25) is 0 Å². The van der Waals surface area contributed by atoms with Gasteiger partial charge in [-0.2, -0.15) is 5.10 Å². The highest BCUT2D eigenvalue weighted by molar-refractivity contribution is 7.89. The number of carbonyl (C=O) groups excluding carboxylic acids is 1. The summed E-state index contributed by atoms with van der Waals surface area (Å²) in [4.78, 5) is 11.7. The number of carbonyl (C=O) groups is 1. The summed E-state index contributed by atoms with van der Waals surface area (Å²) < 4.78 is 32.3. The monoisotopic (exact) mass is 352 g/mol. The van der Waals surface area contributed by atoms with E-state index in [2.05, 4.69) is 20.2 Å². The number of rotatable bonds is 5. The molecule has 2 unspecified atom stereocenters. The molecular weight excluding hydrogens is 332 g/mol. The van der Waals surface area contributed by atoms with Crippen molar-refractivity contribution in [3.05, 3.63) is 11.8 Å². The number of hydrogen-bond acceptors (Lipinski definition) is 6. The second-order valence-electron chi connectivity index (χ2n) is 5.03. The van der Waals surface area contributed by atoms with Gasteiger partial charge in [-0.05, 0) is 25.8 Å². The van der Waals surface area contributed by atoms with E-state index >= 15 is 0 Å². The largest absolute Gasteiger partial charge is 0.462 e. The number of H-pyrrole nitrogens is 1. The van der Waals surface area contributed by atoms with Crippen LogP contribution in [0.4, 0.5) is 0 Å². The third-order valence-corrected chi connectivity index (χ3v) is 4.96. The van der Waals surface area contributed by atoms with Gasteiger partial charge in [-0.1, -0.05) is 6.92 Å². The van der Waals surface area contributed by atoms with Gasteiger partial charge >= 0.3 is 5.97 Å². The van der Waals surface area contributed by atoms with Gasteiger partial charge in [-0.25, -0.2) is 17.9 Å². The van der Waals surface area contributed by atoms with Gasteiger partial charge in [0, 0.05) is 12.6 Å². The average molecular weight is 353 g/mol. The lowest BCUT2D eigenvalue weighted by atomic mass is 9.96. The van der Waals surface area contributed by atoms with Crippen molar-refractivity contribution in [1.29, 1.82) is 0 Å². The zero-order valence-electron chi connectivity index (χ0n) is 12.5. The summed E-state index contributed by atoms with van der Waals surface area (Å²) >= 11 is 0. The fourth-order valence-corrected chi connectivity index (χ4v) is 3.67. The fraction of sp³-hybridized carbons (Fsp3) is 0.667. The number of nitrogens with one attached hydrogen (secondary N) is 3. The Balaban J connectivity index is 0.00000242. The van der Waals surface area contributed by atoms with Crippen molar-refractivity contribution in [3.8, 4) is 0 Å². The lowest BCUT2D eigenvalue weighted by molar-refractivity contribution is 0.0522. The molecule has 1 aromatic rings. The summed E-state index contributed by atoms with van der Waals surface area (Å²) in [6, 6.07) is -0.220. The molecule has 0 bridgehead atoms. The van der Waals surface area contributed by atoms with Gasteiger partial charge < -0.3 is 10.1 Å². The zero-order chi connectivity index (χ0) is 15.5. The van der Waals surface area contributed by atoms with Crippen LogP contribution in [0.15, 0.2) is 11.2 Å². The molecule has 0 saturated carbocycles. The summed E-state index contributed by atoms with van der Waals surface area (Å²) in [5, 5.41) is 8.91. The Morgan fingerprint density at radius 2 is 2.27 bits per heavy atom. The van der Waals surface area contributed by atoms with Crippen LogP contribution in [-0.2, 0) is 14.8 Å². The molecule has 126 valence electrons. The van der Waals surface area contributed by atoms with Crippen molar-refractivity contribution in [2.45, 2.75) is 31.3 Å². The van der Waals surface area contributed by atoms with Gasteiger partial charge in [0.05, 0.1) is 12.8 Å². The summed E-state index contributed by atoms with van der Waals surface area (Å²) in [7, 11) is -3.85. The second kappa shape index (κ2) is 7.91. The smallest absolute Gasteiger partial charge is 0.342 e. The minimum atomic E-state index is -3.85. The Morgan fingerprint density at radius 1 is 1.55 bits per heavy atom. The Morgan fingerprint density at radius 3 is 2.91 bits per heavy atom. The molecule has 0 amide bonds. The molecule has 1 aromatic heterocycles. The van der Waals surface area contributed by atoms with Crippen LogP contribution in [0.25, 0.3) is 0 Å². The van der Waals surface area contributed by atoms with Gasteiger partial charge in [0.25, 0.3) is 10.0 Å². The van der Waals surface area contributed by atoms with Crippen molar-refractivity contribution < 1.29 is 17.9 Å². The standard InChI is InChI=1S/C12H20N4O4S.ClH/c1-3-20-12(17)9-6-14-15-11(9)21(18,19)16-10-7-13-5-4-8(10)2;/h6,8,10,13,16H,3-5,7H2,1-2H3,(H,14,15);1H. The normalized spacial score (nSPS) is 21.9. The molecule has 10 heteroatoms. The average Bonchev–Trinajstić information content (AvgIpc) is 2.92. The first-order valence-corrected chi connectivity index (χ1v) is 8.37. The highest BCUT2D eigenvalue weighted by atomic mass is 35.5. The third kappa shape index (κ3) is 4.19. The summed E-state index contributed by atoms with van der Waals surface area (Å²) in [6.07, 6.45) is 2.05. The molecule has 0 spiro atoms. The van der Waals surface area contributed by atoms with E-state index in [1.54, 1.807) is 6.92 Å². The molecule has 2 heterocycles. The molecule has 0 aromatic carbocycles. The van der Waals surface area contributed by atoms with Gasteiger partial charge in [0.15, 0.2) is 5.03 Å². The molecule has 2 atom stereocenters. The van der Waals surface area contributed by atoms with Crippen molar-refractivity contribution in [2.75, 3.05) is 19.7 Å². The number of esters is 1. The van der Waals surface area contributed by atoms with Crippen molar-refractivity contribution in [3.63, 3.8) is 0 Å². The molecule has 1 aliphatic heterocycles. The Kier molecular flexibility index (Phi) is 6.79. The van der Waals surface area contributed by atoms with Crippen LogP contribution in [0, 0.1) is 5.92 Å². The predicted molar refractivity (Wildman–Crippen MR) is 82.6 cm³/mol. The van der Waals surface area contributed by atoms with Crippen LogP contribution in [0.5, 0.6) is 0 Å². The van der Waals surface area contributed by atoms with Crippen LogP contribution in [0.3, 0.4) is 0 Å². The van der Waals surface area contributed by atoms with E-state index in [0.717, 1.165) is 19.2 Å². The summed E-state index contributed by atoms with van der Waals surface area (Å²) in [5.74, 6) is -0.489. The maximum absolute atomic E-state index is 12.4. The number of sulfonamides is 1. The predicted octanol–water partition coefficient (Wildman–Crippen LogP) is 0.285. The van der Waals surface area contributed by atoms with E-state index in [0.29, 0.717) is 6.54 Å². The highest BCUT2D eigenvalue weighted by Crippen LogP contribution is 2.17. The molecule has 1 fully saturated rings. The minimum Gasteiger partial charge on any atom is -0.462 e.